The largest absolute Gasteiger partial charge is 0.467 e. The van der Waals surface area contributed by atoms with Crippen LogP contribution in [0.25, 0.3) is 34.5 Å². The van der Waals surface area contributed by atoms with Gasteiger partial charge in [0.05, 0.1) is 46.7 Å². The number of hydrazine groups is 2. The van der Waals surface area contributed by atoms with Crippen molar-refractivity contribution >= 4 is 92.5 Å². The van der Waals surface area contributed by atoms with Crippen LogP contribution < -0.4 is 31.6 Å². The number of anilines is 2. The Morgan fingerprint density at radius 2 is 1.07 bits per heavy atom. The first-order chi connectivity index (χ1) is 21.4. The summed E-state index contributed by atoms with van der Waals surface area (Å²) in [6.07, 6.45) is 6.47. The summed E-state index contributed by atoms with van der Waals surface area (Å²) in [4.78, 5) is 9.73. The van der Waals surface area contributed by atoms with E-state index < -0.39 is 0 Å². The number of fused-ring (bicyclic) bond motifs is 4. The average Bonchev–Trinajstić information content (AvgIpc) is 3.80. The van der Waals surface area contributed by atoms with Crippen LogP contribution in [-0.4, -0.2) is 30.4 Å². The highest BCUT2D eigenvalue weighted by molar-refractivity contribution is 6.38. The van der Waals surface area contributed by atoms with Gasteiger partial charge in [-0.2, -0.15) is 0 Å². The maximum absolute atomic E-state index is 6.64. The van der Waals surface area contributed by atoms with Crippen molar-refractivity contribution in [1.29, 1.82) is 0 Å². The number of nitrogens with zero attached hydrogens (tertiary/aromatic N) is 8. The first-order valence-corrected chi connectivity index (χ1v) is 14.4. The molecule has 0 fully saturated rings. The van der Waals surface area contributed by atoms with Crippen molar-refractivity contribution in [2.45, 2.75) is 13.1 Å². The van der Waals surface area contributed by atoms with Crippen molar-refractivity contribution in [3.63, 3.8) is 0 Å². The lowest BCUT2D eigenvalue weighted by atomic mass is 10.3. The van der Waals surface area contributed by atoms with Gasteiger partial charge in [0.2, 0.25) is 0 Å². The molecule has 0 saturated carbocycles. The van der Waals surface area contributed by atoms with Crippen LogP contribution in [-0.2, 0) is 13.1 Å². The summed E-state index contributed by atoms with van der Waals surface area (Å²) in [6.45, 7) is 0.633. The van der Waals surface area contributed by atoms with Gasteiger partial charge >= 0.3 is 0 Å². The van der Waals surface area contributed by atoms with Gasteiger partial charge < -0.3 is 19.7 Å². The van der Waals surface area contributed by atoms with Crippen LogP contribution in [0.15, 0.2) is 69.9 Å². The Kier molecular flexibility index (Phi) is 7.56. The Morgan fingerprint density at radius 3 is 1.48 bits per heavy atom. The molecule has 3 aromatic heterocycles. The van der Waals surface area contributed by atoms with Gasteiger partial charge in [0.1, 0.15) is 33.3 Å². The normalized spacial score (nSPS) is 12.9. The number of hydrogen-bond donors (Lipinski definition) is 2. The van der Waals surface area contributed by atoms with Crippen molar-refractivity contribution in [1.82, 2.24) is 41.2 Å². The van der Waals surface area contributed by atoms with Crippen molar-refractivity contribution in [2.75, 3.05) is 10.0 Å². The molecule has 44 heavy (non-hydrogen) atoms. The summed E-state index contributed by atoms with van der Waals surface area (Å²) in [7, 11) is 0. The lowest BCUT2D eigenvalue weighted by Gasteiger charge is -2.17. The summed E-state index contributed by atoms with van der Waals surface area (Å²) in [5.41, 5.74) is 7.53. The van der Waals surface area contributed by atoms with Crippen LogP contribution in [0.4, 0.5) is 11.6 Å². The third-order valence-electron chi connectivity index (χ3n) is 6.46. The van der Waals surface area contributed by atoms with Crippen molar-refractivity contribution in [2.24, 2.45) is 0 Å². The van der Waals surface area contributed by atoms with Crippen LogP contribution in [0.3, 0.4) is 0 Å². The fourth-order valence-corrected chi connectivity index (χ4v) is 5.50. The number of halogens is 4. The maximum Gasteiger partial charge on any atom is 0.177 e. The molecule has 0 atom stereocenters. The Hall–Kier alpha value is -4.62. The predicted octanol–water partition coefficient (Wildman–Crippen LogP) is 4.94. The second-order valence-electron chi connectivity index (χ2n) is 9.43. The van der Waals surface area contributed by atoms with E-state index in [1.54, 1.807) is 71.3 Å². The summed E-state index contributed by atoms with van der Waals surface area (Å²) >= 11 is 26.1. The van der Waals surface area contributed by atoms with E-state index in [9.17, 15) is 0 Å². The smallest absolute Gasteiger partial charge is 0.177 e. The number of furan rings is 2. The van der Waals surface area contributed by atoms with E-state index in [4.69, 9.17) is 65.2 Å². The second kappa shape index (κ2) is 11.8. The first kappa shape index (κ1) is 28.2. The molecule has 2 N–H and O–H groups in total. The van der Waals surface area contributed by atoms with Gasteiger partial charge in [0.25, 0.3) is 0 Å². The number of hydrogen-bond acceptors (Lipinski definition) is 12. The SMILES string of the molecule is Clc1cc(Cl)c2nnc3c(nc4cc(Cl)cc(Cl)c4nnc4c(nc2c1)N(Cc1ccco1)NC=4)N(Cc1ccco1)NC=3. The zero-order chi connectivity index (χ0) is 30.2. The topological polar surface area (TPSA) is 134 Å². The Morgan fingerprint density at radius 1 is 0.614 bits per heavy atom. The molecular weight excluding hydrogens is 650 g/mol. The van der Waals surface area contributed by atoms with Crippen LogP contribution in [0.2, 0.25) is 20.1 Å². The molecule has 2 aliphatic rings. The van der Waals surface area contributed by atoms with Gasteiger partial charge in [-0.15, -0.1) is 20.4 Å². The van der Waals surface area contributed by atoms with Gasteiger partial charge in [0.15, 0.2) is 11.6 Å². The molecule has 16 heteroatoms. The molecule has 0 amide bonds. The van der Waals surface area contributed by atoms with Crippen molar-refractivity contribution in [3.8, 4) is 0 Å². The number of aromatic nitrogens is 6. The summed E-state index contributed by atoms with van der Waals surface area (Å²) in [5, 5.41) is 23.4. The standard InChI is InChI=1S/C28H18Cl4N10O2/c29-15-7-19(31)25-21(9-15)35-27-23(11-33-41(27)13-17-3-1-5-43-17)37-39-26-20(32)8-16(30)10-22(26)36-28-24(38-40-25)12-34-42(28)14-18-4-2-6-44-18/h1-12,33-34H,13-14H2. The quantitative estimate of drug-likeness (QED) is 0.269. The van der Waals surface area contributed by atoms with E-state index >= 15 is 0 Å². The molecule has 5 heterocycles. The molecule has 2 aromatic carbocycles. The van der Waals surface area contributed by atoms with E-state index in [0.717, 1.165) is 0 Å². The average molecular weight is 668 g/mol. The van der Waals surface area contributed by atoms with Crippen LogP contribution in [0.5, 0.6) is 0 Å². The molecular formula is C28H18Cl4N10O2. The predicted molar refractivity (Wildman–Crippen MR) is 168 cm³/mol. The molecule has 12 nitrogen and oxygen atoms in total. The summed E-state index contributed by atoms with van der Waals surface area (Å²) < 4.78 is 11.1. The maximum atomic E-state index is 6.64. The minimum atomic E-state index is 0.241. The van der Waals surface area contributed by atoms with Gasteiger partial charge in [-0.25, -0.2) is 9.97 Å². The van der Waals surface area contributed by atoms with Crippen LogP contribution >= 0.6 is 46.4 Å². The van der Waals surface area contributed by atoms with Gasteiger partial charge in [0, 0.05) is 22.4 Å². The molecule has 7 rings (SSSR count). The van der Waals surface area contributed by atoms with Gasteiger partial charge in [-0.1, -0.05) is 46.4 Å². The fourth-order valence-electron chi connectivity index (χ4n) is 4.46. The van der Waals surface area contributed by atoms with Gasteiger partial charge in [-0.3, -0.25) is 10.0 Å². The fraction of sp³-hybridized carbons (Fsp3) is 0.0714. The third kappa shape index (κ3) is 5.67. The number of benzene rings is 2. The van der Waals surface area contributed by atoms with E-state index in [0.29, 0.717) is 68.0 Å². The highest BCUT2D eigenvalue weighted by Crippen LogP contribution is 2.26. The Balaban J connectivity index is 1.55. The zero-order valence-electron chi connectivity index (χ0n) is 22.2. The highest BCUT2D eigenvalue weighted by atomic mass is 35.5. The first-order valence-electron chi connectivity index (χ1n) is 12.9. The zero-order valence-corrected chi connectivity index (χ0v) is 25.3. The molecule has 0 aliphatic carbocycles. The number of rotatable bonds is 4. The highest BCUT2D eigenvalue weighted by Gasteiger charge is 2.19. The molecule has 2 aliphatic heterocycles. The molecule has 5 aromatic rings. The lowest BCUT2D eigenvalue weighted by Crippen LogP contribution is -2.31. The van der Waals surface area contributed by atoms with E-state index in [1.807, 2.05) is 12.1 Å². The van der Waals surface area contributed by atoms with E-state index in [-0.39, 0.29) is 21.1 Å². The molecule has 220 valence electrons. The van der Waals surface area contributed by atoms with Crippen molar-refractivity contribution in [3.05, 3.63) is 103 Å². The van der Waals surface area contributed by atoms with Crippen LogP contribution in [0.1, 0.15) is 11.5 Å². The third-order valence-corrected chi connectivity index (χ3v) is 7.47. The molecule has 0 saturated heterocycles. The van der Waals surface area contributed by atoms with E-state index in [1.165, 1.54) is 0 Å². The lowest BCUT2D eigenvalue weighted by molar-refractivity contribution is 0.498. The Labute approximate surface area is 268 Å². The van der Waals surface area contributed by atoms with Crippen LogP contribution in [0, 0.1) is 0 Å². The minimum Gasteiger partial charge on any atom is -0.467 e. The van der Waals surface area contributed by atoms with Gasteiger partial charge in [-0.05, 0) is 48.5 Å². The summed E-state index contributed by atoms with van der Waals surface area (Å²) in [5.74, 6) is 2.14. The molecule has 0 spiro atoms. The minimum absolute atomic E-state index is 0.241. The van der Waals surface area contributed by atoms with E-state index in [2.05, 4.69) is 31.2 Å². The molecule has 0 unspecified atom stereocenters. The Bertz CT molecular complexity index is 2010. The monoisotopic (exact) mass is 666 g/mol. The molecule has 0 bridgehead atoms. The summed E-state index contributed by atoms with van der Waals surface area (Å²) in [6, 6.07) is 13.7. The van der Waals surface area contributed by atoms with Crippen molar-refractivity contribution < 1.29 is 8.83 Å². The second-order valence-corrected chi connectivity index (χ2v) is 11.1. The number of nitrogens with one attached hydrogen (secondary N) is 2. The molecule has 0 radical (unpaired) electrons.